The van der Waals surface area contributed by atoms with Gasteiger partial charge in [-0.15, -0.1) is 0 Å². The van der Waals surface area contributed by atoms with Gasteiger partial charge in [0.05, 0.1) is 19.3 Å². The number of benzene rings is 1. The van der Waals surface area contributed by atoms with Gasteiger partial charge in [0.2, 0.25) is 0 Å². The fraction of sp³-hybridized carbons (Fsp3) is 0.500. The van der Waals surface area contributed by atoms with E-state index in [2.05, 4.69) is 6.07 Å². The van der Waals surface area contributed by atoms with Gasteiger partial charge in [-0.2, -0.15) is 5.26 Å². The molecular weight excluding hydrogens is 214 g/mol. The van der Waals surface area contributed by atoms with Gasteiger partial charge in [-0.3, -0.25) is 0 Å². The Morgan fingerprint density at radius 3 is 2.59 bits per heavy atom. The second-order valence-electron chi connectivity index (χ2n) is 4.55. The largest absolute Gasteiger partial charge is 0.491 e. The molecule has 0 radical (unpaired) electrons. The monoisotopic (exact) mass is 231 g/mol. The van der Waals surface area contributed by atoms with E-state index in [1.807, 2.05) is 30.3 Å². The van der Waals surface area contributed by atoms with Crippen molar-refractivity contribution in [3.05, 3.63) is 30.3 Å². The highest BCUT2D eigenvalue weighted by molar-refractivity contribution is 5.20. The molecule has 0 saturated heterocycles. The van der Waals surface area contributed by atoms with E-state index in [4.69, 9.17) is 14.7 Å². The maximum Gasteiger partial charge on any atom is 0.119 e. The zero-order valence-corrected chi connectivity index (χ0v) is 9.89. The minimum atomic E-state index is 0.168. The molecule has 0 bridgehead atoms. The van der Waals surface area contributed by atoms with E-state index in [1.165, 1.54) is 0 Å². The first kappa shape index (κ1) is 11.9. The summed E-state index contributed by atoms with van der Waals surface area (Å²) in [7, 11) is 0. The number of nitriles is 1. The molecule has 0 aliphatic heterocycles. The average molecular weight is 231 g/mol. The molecular formula is C14H17NO2. The minimum Gasteiger partial charge on any atom is -0.491 e. The molecule has 0 spiro atoms. The lowest BCUT2D eigenvalue weighted by molar-refractivity contribution is 0.0677. The van der Waals surface area contributed by atoms with Crippen molar-refractivity contribution < 1.29 is 9.47 Å². The van der Waals surface area contributed by atoms with Crippen LogP contribution in [-0.2, 0) is 4.74 Å². The van der Waals surface area contributed by atoms with Gasteiger partial charge in [0.1, 0.15) is 12.4 Å². The molecule has 0 heterocycles. The van der Waals surface area contributed by atoms with Crippen molar-refractivity contribution >= 4 is 0 Å². The van der Waals surface area contributed by atoms with Crippen LogP contribution in [0.2, 0.25) is 0 Å². The Morgan fingerprint density at radius 1 is 1.18 bits per heavy atom. The van der Waals surface area contributed by atoms with E-state index in [9.17, 15) is 0 Å². The van der Waals surface area contributed by atoms with Crippen LogP contribution in [0.4, 0.5) is 0 Å². The highest BCUT2D eigenvalue weighted by atomic mass is 16.5. The Morgan fingerprint density at radius 2 is 1.94 bits per heavy atom. The molecule has 1 aromatic rings. The summed E-state index contributed by atoms with van der Waals surface area (Å²) in [5, 5.41) is 8.66. The van der Waals surface area contributed by atoms with Gasteiger partial charge >= 0.3 is 0 Å². The summed E-state index contributed by atoms with van der Waals surface area (Å²) < 4.78 is 11.1. The Bertz CT molecular complexity index is 379. The van der Waals surface area contributed by atoms with Gasteiger partial charge in [-0.1, -0.05) is 18.2 Å². The summed E-state index contributed by atoms with van der Waals surface area (Å²) >= 11 is 0. The quantitative estimate of drug-likeness (QED) is 0.678. The predicted molar refractivity (Wildman–Crippen MR) is 64.7 cm³/mol. The third-order valence-corrected chi connectivity index (χ3v) is 3.06. The molecule has 3 heteroatoms. The maximum absolute atomic E-state index is 8.66. The molecule has 0 N–H and O–H groups in total. The van der Waals surface area contributed by atoms with Gasteiger partial charge in [0.15, 0.2) is 0 Å². The third kappa shape index (κ3) is 3.76. The highest BCUT2D eigenvalue weighted by Crippen LogP contribution is 2.48. The van der Waals surface area contributed by atoms with Gasteiger partial charge < -0.3 is 9.47 Å². The topological polar surface area (TPSA) is 42.2 Å². The summed E-state index contributed by atoms with van der Waals surface area (Å²) in [6.45, 7) is 1.84. The highest BCUT2D eigenvalue weighted by Gasteiger charge is 2.42. The lowest BCUT2D eigenvalue weighted by Gasteiger charge is -2.12. The number of ether oxygens (including phenoxy) is 2. The van der Waals surface area contributed by atoms with Crippen LogP contribution in [-0.4, -0.2) is 19.8 Å². The van der Waals surface area contributed by atoms with E-state index < -0.39 is 0 Å². The minimum absolute atomic E-state index is 0.168. The maximum atomic E-state index is 8.66. The van der Waals surface area contributed by atoms with Crippen molar-refractivity contribution in [3.8, 4) is 11.8 Å². The molecule has 17 heavy (non-hydrogen) atoms. The number of rotatable bonds is 7. The molecule has 0 amide bonds. The second-order valence-corrected chi connectivity index (χ2v) is 4.55. The molecule has 1 aliphatic carbocycles. The molecule has 1 saturated carbocycles. The number of hydrogen-bond donors (Lipinski definition) is 0. The van der Waals surface area contributed by atoms with Crippen LogP contribution in [0.3, 0.4) is 0 Å². The van der Waals surface area contributed by atoms with E-state index in [0.29, 0.717) is 26.2 Å². The third-order valence-electron chi connectivity index (χ3n) is 3.06. The Kier molecular flexibility index (Phi) is 4.00. The molecule has 1 fully saturated rings. The second kappa shape index (κ2) is 5.70. The first-order valence-corrected chi connectivity index (χ1v) is 5.97. The summed E-state index contributed by atoms with van der Waals surface area (Å²) in [5.74, 6) is 0.870. The summed E-state index contributed by atoms with van der Waals surface area (Å²) in [6, 6.07) is 11.9. The molecule has 90 valence electrons. The van der Waals surface area contributed by atoms with Gasteiger partial charge in [-0.05, 0) is 25.0 Å². The SMILES string of the molecule is N#CCC1(COCCOc2ccccc2)CC1. The van der Waals surface area contributed by atoms with Crippen molar-refractivity contribution in [1.29, 1.82) is 5.26 Å². The number of hydrogen-bond acceptors (Lipinski definition) is 3. The summed E-state index contributed by atoms with van der Waals surface area (Å²) in [4.78, 5) is 0. The van der Waals surface area contributed by atoms with Gasteiger partial charge in [0.25, 0.3) is 0 Å². The van der Waals surface area contributed by atoms with Crippen LogP contribution in [0.1, 0.15) is 19.3 Å². The molecule has 0 atom stereocenters. The Balaban J connectivity index is 1.57. The molecule has 1 aromatic carbocycles. The first-order chi connectivity index (χ1) is 8.35. The first-order valence-electron chi connectivity index (χ1n) is 5.97. The van der Waals surface area contributed by atoms with Crippen LogP contribution in [0.15, 0.2) is 30.3 Å². The van der Waals surface area contributed by atoms with Crippen LogP contribution in [0.5, 0.6) is 5.75 Å². The molecule has 3 nitrogen and oxygen atoms in total. The van der Waals surface area contributed by atoms with Crippen LogP contribution < -0.4 is 4.74 Å². The molecule has 1 aliphatic rings. The zero-order chi connectivity index (χ0) is 12.0. The van der Waals surface area contributed by atoms with Crippen LogP contribution in [0.25, 0.3) is 0 Å². The van der Waals surface area contributed by atoms with E-state index >= 15 is 0 Å². The smallest absolute Gasteiger partial charge is 0.119 e. The van der Waals surface area contributed by atoms with Crippen molar-refractivity contribution in [2.24, 2.45) is 5.41 Å². The van der Waals surface area contributed by atoms with Gasteiger partial charge in [0, 0.05) is 11.8 Å². The standard InChI is InChI=1S/C14H17NO2/c15-9-8-14(6-7-14)12-16-10-11-17-13-4-2-1-3-5-13/h1-5H,6-8,10-12H2. The van der Waals surface area contributed by atoms with E-state index in [1.54, 1.807) is 0 Å². The van der Waals surface area contributed by atoms with Crippen molar-refractivity contribution in [1.82, 2.24) is 0 Å². The van der Waals surface area contributed by atoms with Crippen LogP contribution >= 0.6 is 0 Å². The lowest BCUT2D eigenvalue weighted by Crippen LogP contribution is -2.14. The van der Waals surface area contributed by atoms with Crippen molar-refractivity contribution in [3.63, 3.8) is 0 Å². The Labute approximate surface area is 102 Å². The molecule has 0 aromatic heterocycles. The van der Waals surface area contributed by atoms with Crippen molar-refractivity contribution in [2.75, 3.05) is 19.8 Å². The summed E-state index contributed by atoms with van der Waals surface area (Å²) in [5.41, 5.74) is 0.168. The van der Waals surface area contributed by atoms with Gasteiger partial charge in [-0.25, -0.2) is 0 Å². The Hall–Kier alpha value is -1.53. The normalized spacial score (nSPS) is 16.2. The fourth-order valence-corrected chi connectivity index (χ4v) is 1.74. The van der Waals surface area contributed by atoms with E-state index in [0.717, 1.165) is 18.6 Å². The van der Waals surface area contributed by atoms with Crippen LogP contribution in [0, 0.1) is 16.7 Å². The fourth-order valence-electron chi connectivity index (χ4n) is 1.74. The van der Waals surface area contributed by atoms with E-state index in [-0.39, 0.29) is 5.41 Å². The number of para-hydroxylation sites is 1. The average Bonchev–Trinajstić information content (AvgIpc) is 3.11. The zero-order valence-electron chi connectivity index (χ0n) is 9.89. The predicted octanol–water partition coefficient (Wildman–Crippen LogP) is 2.78. The molecule has 2 rings (SSSR count). The lowest BCUT2D eigenvalue weighted by atomic mass is 10.1. The molecule has 0 unspecified atom stereocenters. The van der Waals surface area contributed by atoms with Crippen molar-refractivity contribution in [2.45, 2.75) is 19.3 Å². The summed E-state index contributed by atoms with van der Waals surface area (Å²) in [6.07, 6.45) is 2.87. The number of nitrogens with zero attached hydrogens (tertiary/aromatic N) is 1.